The molecule has 2 aromatic rings. The topological polar surface area (TPSA) is 50.7 Å². The quantitative estimate of drug-likeness (QED) is 0.843. The van der Waals surface area contributed by atoms with Gasteiger partial charge in [0, 0.05) is 35.3 Å². The molecule has 1 N–H and O–H groups in total. The fourth-order valence-corrected chi connectivity index (χ4v) is 1.85. The van der Waals surface area contributed by atoms with E-state index in [1.807, 2.05) is 13.0 Å². The van der Waals surface area contributed by atoms with Crippen LogP contribution in [0, 0.1) is 12.9 Å². The van der Waals surface area contributed by atoms with Crippen LogP contribution in [0.2, 0.25) is 0 Å². The third kappa shape index (κ3) is 2.45. The van der Waals surface area contributed by atoms with E-state index in [4.69, 9.17) is 0 Å². The molecule has 18 heavy (non-hydrogen) atoms. The van der Waals surface area contributed by atoms with Crippen LogP contribution in [0.25, 0.3) is 0 Å². The van der Waals surface area contributed by atoms with Crippen LogP contribution in [0.1, 0.15) is 30.1 Å². The summed E-state index contributed by atoms with van der Waals surface area (Å²) in [7, 11) is 0. The van der Waals surface area contributed by atoms with Crippen LogP contribution in [-0.2, 0) is 0 Å². The molecule has 1 saturated carbocycles. The van der Waals surface area contributed by atoms with Gasteiger partial charge in [-0.15, -0.1) is 0 Å². The number of hydrogen-bond acceptors (Lipinski definition) is 4. The zero-order valence-electron chi connectivity index (χ0n) is 10.0. The normalized spacial score (nSPS) is 14.6. The lowest BCUT2D eigenvalue weighted by Crippen LogP contribution is -2.01. The maximum Gasteiger partial charge on any atom is 0.227 e. The van der Waals surface area contributed by atoms with Crippen molar-refractivity contribution < 1.29 is 4.39 Å². The standard InChI is InChI=1S/C13H13FN4/c1-8-6-11(9-2-3-9)18-13(16-8)17-10-4-5-15-12(14)7-10/h4-7,9H,2-3H2,1H3,(H,15,16,17,18). The molecule has 0 spiro atoms. The number of rotatable bonds is 3. The largest absolute Gasteiger partial charge is 0.324 e. The zero-order chi connectivity index (χ0) is 12.5. The van der Waals surface area contributed by atoms with Gasteiger partial charge < -0.3 is 5.32 Å². The van der Waals surface area contributed by atoms with Gasteiger partial charge in [0.2, 0.25) is 11.9 Å². The lowest BCUT2D eigenvalue weighted by Gasteiger charge is -2.07. The Morgan fingerprint density at radius 2 is 2.11 bits per heavy atom. The molecule has 2 heterocycles. The van der Waals surface area contributed by atoms with Crippen molar-refractivity contribution in [2.45, 2.75) is 25.7 Å². The highest BCUT2D eigenvalue weighted by molar-refractivity contribution is 5.52. The van der Waals surface area contributed by atoms with E-state index in [2.05, 4.69) is 20.3 Å². The van der Waals surface area contributed by atoms with Gasteiger partial charge in [-0.3, -0.25) is 0 Å². The second-order valence-corrected chi connectivity index (χ2v) is 4.52. The lowest BCUT2D eigenvalue weighted by atomic mass is 10.2. The number of aromatic nitrogens is 3. The van der Waals surface area contributed by atoms with E-state index in [1.165, 1.54) is 25.1 Å². The molecule has 0 aromatic carbocycles. The van der Waals surface area contributed by atoms with Gasteiger partial charge in [0.25, 0.3) is 0 Å². The van der Waals surface area contributed by atoms with E-state index < -0.39 is 5.95 Å². The maximum absolute atomic E-state index is 13.0. The van der Waals surface area contributed by atoms with Crippen molar-refractivity contribution in [1.82, 2.24) is 15.0 Å². The summed E-state index contributed by atoms with van der Waals surface area (Å²) in [4.78, 5) is 12.3. The van der Waals surface area contributed by atoms with Gasteiger partial charge >= 0.3 is 0 Å². The van der Waals surface area contributed by atoms with E-state index in [9.17, 15) is 4.39 Å². The van der Waals surface area contributed by atoms with E-state index in [-0.39, 0.29) is 0 Å². The number of aryl methyl sites for hydroxylation is 1. The molecule has 1 fully saturated rings. The molecule has 1 aliphatic rings. The van der Waals surface area contributed by atoms with Crippen molar-refractivity contribution in [3.8, 4) is 0 Å². The predicted octanol–water partition coefficient (Wildman–Crippen LogP) is 2.94. The minimum atomic E-state index is -0.518. The Kier molecular flexibility index (Phi) is 2.66. The van der Waals surface area contributed by atoms with Crippen LogP contribution in [0.15, 0.2) is 24.4 Å². The summed E-state index contributed by atoms with van der Waals surface area (Å²) >= 11 is 0. The Balaban J connectivity index is 1.87. The summed E-state index contributed by atoms with van der Waals surface area (Å²) in [6, 6.07) is 5.02. The minimum Gasteiger partial charge on any atom is -0.324 e. The monoisotopic (exact) mass is 244 g/mol. The highest BCUT2D eigenvalue weighted by Crippen LogP contribution is 2.39. The molecule has 4 nitrogen and oxygen atoms in total. The van der Waals surface area contributed by atoms with E-state index >= 15 is 0 Å². The Bertz CT molecular complexity index is 581. The second kappa shape index (κ2) is 4.33. The summed E-state index contributed by atoms with van der Waals surface area (Å²) in [5.74, 6) is 0.569. The van der Waals surface area contributed by atoms with Gasteiger partial charge in [-0.05, 0) is 31.9 Å². The van der Waals surface area contributed by atoms with Crippen molar-refractivity contribution in [3.63, 3.8) is 0 Å². The molecule has 0 radical (unpaired) electrons. The molecule has 0 saturated heterocycles. The van der Waals surface area contributed by atoms with Gasteiger partial charge in [-0.1, -0.05) is 0 Å². The lowest BCUT2D eigenvalue weighted by molar-refractivity contribution is 0.584. The SMILES string of the molecule is Cc1cc(C2CC2)nc(Nc2ccnc(F)c2)n1. The maximum atomic E-state index is 13.0. The first kappa shape index (κ1) is 11.1. The third-order valence-corrected chi connectivity index (χ3v) is 2.85. The molecule has 0 bridgehead atoms. The average molecular weight is 244 g/mol. The predicted molar refractivity (Wildman–Crippen MR) is 66.2 cm³/mol. The Hall–Kier alpha value is -2.04. The fraction of sp³-hybridized carbons (Fsp3) is 0.308. The van der Waals surface area contributed by atoms with Crippen LogP contribution in [0.5, 0.6) is 0 Å². The first-order valence-electron chi connectivity index (χ1n) is 5.95. The van der Waals surface area contributed by atoms with E-state index in [0.29, 0.717) is 17.6 Å². The van der Waals surface area contributed by atoms with Crippen LogP contribution < -0.4 is 5.32 Å². The smallest absolute Gasteiger partial charge is 0.227 e. The number of anilines is 2. The molecule has 1 aliphatic carbocycles. The summed E-state index contributed by atoms with van der Waals surface area (Å²) in [6.07, 6.45) is 3.80. The van der Waals surface area contributed by atoms with Crippen LogP contribution in [0.3, 0.4) is 0 Å². The first-order valence-corrected chi connectivity index (χ1v) is 5.95. The van der Waals surface area contributed by atoms with Crippen molar-refractivity contribution in [2.24, 2.45) is 0 Å². The Morgan fingerprint density at radius 3 is 2.83 bits per heavy atom. The van der Waals surface area contributed by atoms with Crippen molar-refractivity contribution in [1.29, 1.82) is 0 Å². The number of halogens is 1. The van der Waals surface area contributed by atoms with Crippen LogP contribution in [-0.4, -0.2) is 15.0 Å². The Labute approximate surface area is 104 Å². The van der Waals surface area contributed by atoms with Gasteiger partial charge in [-0.25, -0.2) is 15.0 Å². The fourth-order valence-electron chi connectivity index (χ4n) is 1.85. The van der Waals surface area contributed by atoms with Crippen molar-refractivity contribution in [3.05, 3.63) is 41.7 Å². The second-order valence-electron chi connectivity index (χ2n) is 4.52. The molecular weight excluding hydrogens is 231 g/mol. The van der Waals surface area contributed by atoms with Gasteiger partial charge in [0.1, 0.15) is 0 Å². The molecular formula is C13H13FN4. The molecule has 0 amide bonds. The highest BCUT2D eigenvalue weighted by Gasteiger charge is 2.25. The number of pyridine rings is 1. The molecule has 3 rings (SSSR count). The molecule has 0 unspecified atom stereocenters. The van der Waals surface area contributed by atoms with E-state index in [1.54, 1.807) is 6.07 Å². The highest BCUT2D eigenvalue weighted by atomic mass is 19.1. The Morgan fingerprint density at radius 1 is 1.28 bits per heavy atom. The first-order chi connectivity index (χ1) is 8.70. The summed E-state index contributed by atoms with van der Waals surface area (Å²) in [5.41, 5.74) is 2.60. The number of hydrogen-bond donors (Lipinski definition) is 1. The van der Waals surface area contributed by atoms with Crippen molar-refractivity contribution >= 4 is 11.6 Å². The molecule has 92 valence electrons. The molecule has 0 atom stereocenters. The van der Waals surface area contributed by atoms with E-state index in [0.717, 1.165) is 11.4 Å². The third-order valence-electron chi connectivity index (χ3n) is 2.85. The molecule has 0 aliphatic heterocycles. The van der Waals surface area contributed by atoms with Gasteiger partial charge in [0.15, 0.2) is 0 Å². The zero-order valence-corrected chi connectivity index (χ0v) is 10.0. The number of nitrogens with one attached hydrogen (secondary N) is 1. The summed E-state index contributed by atoms with van der Waals surface area (Å²) in [6.45, 7) is 1.94. The summed E-state index contributed by atoms with van der Waals surface area (Å²) in [5, 5.41) is 3.01. The van der Waals surface area contributed by atoms with Crippen LogP contribution >= 0.6 is 0 Å². The molecule has 5 heteroatoms. The van der Waals surface area contributed by atoms with Gasteiger partial charge in [0.05, 0.1) is 0 Å². The van der Waals surface area contributed by atoms with Crippen LogP contribution in [0.4, 0.5) is 16.0 Å². The summed E-state index contributed by atoms with van der Waals surface area (Å²) < 4.78 is 13.0. The minimum absolute atomic E-state index is 0.516. The van der Waals surface area contributed by atoms with Gasteiger partial charge in [-0.2, -0.15) is 4.39 Å². The molecule has 2 aromatic heterocycles. The van der Waals surface area contributed by atoms with Crippen molar-refractivity contribution in [2.75, 3.05) is 5.32 Å². The number of nitrogens with zero attached hydrogens (tertiary/aromatic N) is 3. The average Bonchev–Trinajstić information content (AvgIpc) is 3.11.